The van der Waals surface area contributed by atoms with Crippen LogP contribution in [-0.4, -0.2) is 51.9 Å². The highest BCUT2D eigenvalue weighted by Crippen LogP contribution is 2.44. The summed E-state index contributed by atoms with van der Waals surface area (Å²) in [6, 6.07) is 3.57. The van der Waals surface area contributed by atoms with Gasteiger partial charge in [-0.2, -0.15) is 0 Å². The second-order valence-corrected chi connectivity index (χ2v) is 7.60. The number of carbonyl (C=O) groups is 1. The van der Waals surface area contributed by atoms with Crippen LogP contribution in [0.1, 0.15) is 37.4 Å². The van der Waals surface area contributed by atoms with E-state index in [4.69, 9.17) is 4.98 Å². The van der Waals surface area contributed by atoms with Gasteiger partial charge in [-0.1, -0.05) is 0 Å². The minimum atomic E-state index is -0.173. The van der Waals surface area contributed by atoms with Crippen LogP contribution in [0.2, 0.25) is 0 Å². The number of nitrogens with zero attached hydrogens (tertiary/aromatic N) is 3. The number of likely N-dealkylation sites (tertiary alicyclic amines) is 1. The summed E-state index contributed by atoms with van der Waals surface area (Å²) in [5.41, 5.74) is 2.41. The molecule has 0 saturated carbocycles. The number of pyridine rings is 1. The Hall–Kier alpha value is -2.54. The van der Waals surface area contributed by atoms with Crippen LogP contribution in [0.4, 0.5) is 0 Å². The highest BCUT2D eigenvalue weighted by atomic mass is 16.2. The predicted octanol–water partition coefficient (Wildman–Crippen LogP) is 1.25. The number of carbonyl (C=O) groups excluding carboxylic acids is 1. The monoisotopic (exact) mass is 367 g/mol. The number of hydrogen-bond donors (Lipinski definition) is 2. The first-order valence-corrected chi connectivity index (χ1v) is 9.54. The lowest BCUT2D eigenvalue weighted by atomic mass is 9.76. The van der Waals surface area contributed by atoms with Gasteiger partial charge in [0.25, 0.3) is 5.56 Å². The zero-order valence-electron chi connectivity index (χ0n) is 15.8. The van der Waals surface area contributed by atoms with Crippen molar-refractivity contribution in [3.05, 3.63) is 46.1 Å². The zero-order valence-corrected chi connectivity index (χ0v) is 15.8. The summed E-state index contributed by atoms with van der Waals surface area (Å²) in [6.07, 6.45) is 6.81. The molecule has 2 aromatic rings. The van der Waals surface area contributed by atoms with E-state index in [1.165, 1.54) is 0 Å². The molecule has 1 aliphatic carbocycles. The van der Waals surface area contributed by atoms with Gasteiger partial charge in [0.1, 0.15) is 5.82 Å². The number of aromatic nitrogens is 3. The second-order valence-electron chi connectivity index (χ2n) is 7.60. The van der Waals surface area contributed by atoms with E-state index < -0.39 is 0 Å². The summed E-state index contributed by atoms with van der Waals surface area (Å²) in [5.74, 6) is 0.718. The van der Waals surface area contributed by atoms with Crippen LogP contribution in [0.25, 0.3) is 11.4 Å². The minimum absolute atomic E-state index is 0.0435. The molecule has 0 radical (unpaired) electrons. The zero-order chi connectivity index (χ0) is 19.0. The Morgan fingerprint density at radius 1 is 1.33 bits per heavy atom. The standard InChI is InChI=1S/C20H25N5O2/c1-13(21-2)19(27)25-10-7-20(8-11-25)6-5-15-16(20)23-17(24-18(15)26)14-4-3-9-22-12-14/h3-4,9,12-13,21H,5-8,10-11H2,1-2H3,(H,23,24,26)/t13-/m0/s1. The fraction of sp³-hybridized carbons (Fsp3) is 0.500. The molecular weight excluding hydrogens is 342 g/mol. The van der Waals surface area contributed by atoms with Gasteiger partial charge in [-0.25, -0.2) is 4.98 Å². The molecule has 0 bridgehead atoms. The number of hydrogen-bond acceptors (Lipinski definition) is 5. The number of fused-ring (bicyclic) bond motifs is 2. The Kier molecular flexibility index (Phi) is 4.55. The Morgan fingerprint density at radius 2 is 2.11 bits per heavy atom. The van der Waals surface area contributed by atoms with Crippen molar-refractivity contribution in [1.29, 1.82) is 0 Å². The predicted molar refractivity (Wildman–Crippen MR) is 102 cm³/mol. The fourth-order valence-electron chi connectivity index (χ4n) is 4.33. The van der Waals surface area contributed by atoms with Crippen LogP contribution in [0.5, 0.6) is 0 Å². The van der Waals surface area contributed by atoms with Gasteiger partial charge in [0.15, 0.2) is 0 Å². The van der Waals surface area contributed by atoms with Gasteiger partial charge >= 0.3 is 0 Å². The lowest BCUT2D eigenvalue weighted by Gasteiger charge is -2.40. The molecule has 3 heterocycles. The molecular formula is C20H25N5O2. The van der Waals surface area contributed by atoms with E-state index in [0.29, 0.717) is 18.9 Å². The molecule has 2 aromatic heterocycles. The number of nitrogens with one attached hydrogen (secondary N) is 2. The summed E-state index contributed by atoms with van der Waals surface area (Å²) in [4.78, 5) is 38.9. The fourth-order valence-corrected chi connectivity index (χ4v) is 4.33. The number of piperidine rings is 1. The Labute approximate surface area is 158 Å². The number of amides is 1. The van der Waals surface area contributed by atoms with Crippen molar-refractivity contribution >= 4 is 5.91 Å². The summed E-state index contributed by atoms with van der Waals surface area (Å²) in [6.45, 7) is 3.31. The number of rotatable bonds is 3. The van der Waals surface area contributed by atoms with E-state index in [9.17, 15) is 9.59 Å². The Morgan fingerprint density at radius 3 is 2.78 bits per heavy atom. The van der Waals surface area contributed by atoms with Gasteiger partial charge in [-0.05, 0) is 51.8 Å². The molecule has 7 heteroatoms. The number of aromatic amines is 1. The third kappa shape index (κ3) is 3.06. The molecule has 1 spiro atoms. The molecule has 142 valence electrons. The number of likely N-dealkylation sites (N-methyl/N-ethyl adjacent to an activating group) is 1. The SMILES string of the molecule is CN[C@@H](C)C(=O)N1CCC2(CCc3c2nc(-c2cccnc2)[nH]c3=O)CC1. The quantitative estimate of drug-likeness (QED) is 0.852. The molecule has 4 rings (SSSR count). The highest BCUT2D eigenvalue weighted by molar-refractivity contribution is 5.81. The van der Waals surface area contributed by atoms with Crippen LogP contribution < -0.4 is 10.9 Å². The van der Waals surface area contributed by atoms with E-state index in [1.54, 1.807) is 19.4 Å². The topological polar surface area (TPSA) is 91.0 Å². The molecule has 0 unspecified atom stereocenters. The molecule has 2 aliphatic rings. The van der Waals surface area contributed by atoms with Gasteiger partial charge in [0.05, 0.1) is 11.7 Å². The lowest BCUT2D eigenvalue weighted by molar-refractivity contribution is -0.134. The molecule has 7 nitrogen and oxygen atoms in total. The third-order valence-corrected chi connectivity index (χ3v) is 6.14. The van der Waals surface area contributed by atoms with Crippen molar-refractivity contribution in [3.63, 3.8) is 0 Å². The van der Waals surface area contributed by atoms with Crippen LogP contribution in [0.3, 0.4) is 0 Å². The van der Waals surface area contributed by atoms with Crippen molar-refractivity contribution in [2.75, 3.05) is 20.1 Å². The summed E-state index contributed by atoms with van der Waals surface area (Å²) >= 11 is 0. The molecule has 1 fully saturated rings. The first-order valence-electron chi connectivity index (χ1n) is 9.54. The van der Waals surface area contributed by atoms with Crippen molar-refractivity contribution in [3.8, 4) is 11.4 Å². The van der Waals surface area contributed by atoms with Crippen molar-refractivity contribution in [2.24, 2.45) is 0 Å². The van der Waals surface area contributed by atoms with E-state index in [1.807, 2.05) is 24.0 Å². The maximum absolute atomic E-state index is 12.6. The maximum atomic E-state index is 12.6. The molecule has 27 heavy (non-hydrogen) atoms. The Balaban J connectivity index is 1.63. The van der Waals surface area contributed by atoms with E-state index in [2.05, 4.69) is 15.3 Å². The normalized spacial score (nSPS) is 19.1. The molecule has 1 aliphatic heterocycles. The van der Waals surface area contributed by atoms with E-state index >= 15 is 0 Å². The molecule has 1 atom stereocenters. The first-order chi connectivity index (χ1) is 13.0. The molecule has 0 aromatic carbocycles. The third-order valence-electron chi connectivity index (χ3n) is 6.14. The maximum Gasteiger partial charge on any atom is 0.254 e. The van der Waals surface area contributed by atoms with Crippen LogP contribution in [-0.2, 0) is 16.6 Å². The van der Waals surface area contributed by atoms with Crippen LogP contribution >= 0.6 is 0 Å². The van der Waals surface area contributed by atoms with Gasteiger partial charge in [-0.3, -0.25) is 14.6 Å². The van der Waals surface area contributed by atoms with Crippen LogP contribution in [0.15, 0.2) is 29.3 Å². The summed E-state index contributed by atoms with van der Waals surface area (Å²) < 4.78 is 0. The average Bonchev–Trinajstić information content (AvgIpc) is 3.06. The van der Waals surface area contributed by atoms with Crippen molar-refractivity contribution in [1.82, 2.24) is 25.2 Å². The second kappa shape index (κ2) is 6.88. The van der Waals surface area contributed by atoms with Crippen molar-refractivity contribution in [2.45, 2.75) is 44.1 Å². The first kappa shape index (κ1) is 17.9. The minimum Gasteiger partial charge on any atom is -0.341 e. The molecule has 1 saturated heterocycles. The van der Waals surface area contributed by atoms with Gasteiger partial charge in [-0.15, -0.1) is 0 Å². The van der Waals surface area contributed by atoms with Crippen molar-refractivity contribution < 1.29 is 4.79 Å². The highest BCUT2D eigenvalue weighted by Gasteiger charge is 2.44. The average molecular weight is 367 g/mol. The van der Waals surface area contributed by atoms with Gasteiger partial charge in [0, 0.05) is 42.0 Å². The molecule has 1 amide bonds. The van der Waals surface area contributed by atoms with Crippen LogP contribution in [0, 0.1) is 0 Å². The van der Waals surface area contributed by atoms with Gasteiger partial charge < -0.3 is 15.2 Å². The lowest BCUT2D eigenvalue weighted by Crippen LogP contribution is -2.50. The van der Waals surface area contributed by atoms with Gasteiger partial charge in [0.2, 0.25) is 5.91 Å². The molecule has 2 N–H and O–H groups in total. The number of H-pyrrole nitrogens is 1. The van der Waals surface area contributed by atoms with E-state index in [-0.39, 0.29) is 22.9 Å². The smallest absolute Gasteiger partial charge is 0.254 e. The summed E-state index contributed by atoms with van der Waals surface area (Å²) in [7, 11) is 1.80. The van der Waals surface area contributed by atoms with E-state index in [0.717, 1.165) is 42.5 Å². The Bertz CT molecular complexity index is 900. The largest absolute Gasteiger partial charge is 0.341 e. The summed E-state index contributed by atoms with van der Waals surface area (Å²) in [5, 5.41) is 3.02.